The fourth-order valence-corrected chi connectivity index (χ4v) is 3.39. The summed E-state index contributed by atoms with van der Waals surface area (Å²) in [5, 5.41) is 3.82. The number of carbonyl (C=O) groups is 1. The van der Waals surface area contributed by atoms with Crippen LogP contribution in [-0.2, 0) is 10.5 Å². The molecule has 1 aromatic heterocycles. The topological polar surface area (TPSA) is 26.3 Å². The molecule has 1 aromatic carbocycles. The Labute approximate surface area is 109 Å². The Morgan fingerprint density at radius 3 is 2.76 bits per heavy atom. The van der Waals surface area contributed by atoms with E-state index >= 15 is 0 Å². The maximum absolute atomic E-state index is 11.5. The highest BCUT2D eigenvalue weighted by Gasteiger charge is 2.12. The highest BCUT2D eigenvalue weighted by atomic mass is 32.2. The van der Waals surface area contributed by atoms with E-state index in [1.165, 1.54) is 24.0 Å². The van der Waals surface area contributed by atoms with Gasteiger partial charge in [-0.3, -0.25) is 0 Å². The van der Waals surface area contributed by atoms with Gasteiger partial charge in [-0.1, -0.05) is 30.3 Å². The molecule has 88 valence electrons. The van der Waals surface area contributed by atoms with Gasteiger partial charge in [-0.2, -0.15) is 11.3 Å². The molecule has 0 spiro atoms. The lowest BCUT2D eigenvalue weighted by molar-refractivity contribution is 0.0597. The van der Waals surface area contributed by atoms with Gasteiger partial charge >= 0.3 is 5.97 Å². The minimum Gasteiger partial charge on any atom is -0.465 e. The smallest absolute Gasteiger partial charge is 0.339 e. The van der Waals surface area contributed by atoms with Gasteiger partial charge in [0.25, 0.3) is 0 Å². The normalized spacial score (nSPS) is 10.2. The Balaban J connectivity index is 2.05. The largest absolute Gasteiger partial charge is 0.465 e. The maximum atomic E-state index is 11.5. The number of thioether (sulfide) groups is 1. The highest BCUT2D eigenvalue weighted by Crippen LogP contribution is 2.29. The molecular weight excluding hydrogens is 252 g/mol. The Bertz CT molecular complexity index is 491. The Hall–Kier alpha value is -1.26. The quantitative estimate of drug-likeness (QED) is 0.620. The zero-order chi connectivity index (χ0) is 12.1. The molecule has 0 amide bonds. The van der Waals surface area contributed by atoms with E-state index in [0.29, 0.717) is 5.56 Å². The molecule has 2 aromatic rings. The summed E-state index contributed by atoms with van der Waals surface area (Å²) in [7, 11) is 1.41. The summed E-state index contributed by atoms with van der Waals surface area (Å²) < 4.78 is 4.74. The van der Waals surface area contributed by atoms with Crippen molar-refractivity contribution in [2.75, 3.05) is 7.11 Å². The van der Waals surface area contributed by atoms with E-state index in [2.05, 4.69) is 12.1 Å². The summed E-state index contributed by atoms with van der Waals surface area (Å²) in [6.45, 7) is 0. The van der Waals surface area contributed by atoms with Crippen molar-refractivity contribution < 1.29 is 9.53 Å². The van der Waals surface area contributed by atoms with Crippen LogP contribution in [0.5, 0.6) is 0 Å². The first-order valence-electron chi connectivity index (χ1n) is 5.12. The van der Waals surface area contributed by atoms with Gasteiger partial charge in [0.05, 0.1) is 12.7 Å². The summed E-state index contributed by atoms with van der Waals surface area (Å²) >= 11 is 3.18. The first-order valence-corrected chi connectivity index (χ1v) is 7.05. The number of hydrogen-bond acceptors (Lipinski definition) is 4. The number of methoxy groups -OCH3 is 1. The molecular formula is C13H12O2S2. The average Bonchev–Trinajstić information content (AvgIpc) is 2.85. The number of ether oxygens (including phenoxy) is 1. The standard InChI is InChI=1S/C13H12O2S2/c1-15-13(14)11-8-16-9-12(11)17-7-10-5-3-2-4-6-10/h2-6,8-9H,7H2,1H3. The van der Waals surface area contributed by atoms with E-state index in [4.69, 9.17) is 4.74 Å². The molecule has 0 saturated heterocycles. The summed E-state index contributed by atoms with van der Waals surface area (Å²) in [6.07, 6.45) is 0. The molecule has 17 heavy (non-hydrogen) atoms. The van der Waals surface area contributed by atoms with Gasteiger partial charge < -0.3 is 4.74 Å². The molecule has 2 nitrogen and oxygen atoms in total. The first kappa shape index (κ1) is 12.2. The monoisotopic (exact) mass is 264 g/mol. The van der Waals surface area contributed by atoms with Crippen LogP contribution in [0.15, 0.2) is 46.0 Å². The molecule has 0 fully saturated rings. The lowest BCUT2D eigenvalue weighted by Crippen LogP contribution is -2.00. The molecule has 4 heteroatoms. The fraction of sp³-hybridized carbons (Fsp3) is 0.154. The second-order valence-corrected chi connectivity index (χ2v) is 5.18. The third-order valence-electron chi connectivity index (χ3n) is 2.27. The van der Waals surface area contributed by atoms with Crippen molar-refractivity contribution in [2.45, 2.75) is 10.6 Å². The van der Waals surface area contributed by atoms with Gasteiger partial charge in [-0.05, 0) is 5.56 Å². The maximum Gasteiger partial charge on any atom is 0.339 e. The van der Waals surface area contributed by atoms with Crippen LogP contribution >= 0.6 is 23.1 Å². The molecule has 0 aliphatic heterocycles. The molecule has 0 radical (unpaired) electrons. The zero-order valence-electron chi connectivity index (χ0n) is 9.38. The third-order valence-corrected chi connectivity index (χ3v) is 4.29. The van der Waals surface area contributed by atoms with Crippen molar-refractivity contribution in [1.29, 1.82) is 0 Å². The van der Waals surface area contributed by atoms with E-state index in [0.717, 1.165) is 10.6 Å². The van der Waals surface area contributed by atoms with E-state index in [-0.39, 0.29) is 5.97 Å². The van der Waals surface area contributed by atoms with Gasteiger partial charge in [0.1, 0.15) is 0 Å². The minimum atomic E-state index is -0.262. The number of benzene rings is 1. The summed E-state index contributed by atoms with van der Waals surface area (Å²) in [5.41, 5.74) is 1.91. The first-order chi connectivity index (χ1) is 8.31. The van der Waals surface area contributed by atoms with E-state index in [1.54, 1.807) is 11.8 Å². The van der Waals surface area contributed by atoms with Crippen LogP contribution < -0.4 is 0 Å². The zero-order valence-corrected chi connectivity index (χ0v) is 11.0. The summed E-state index contributed by atoms with van der Waals surface area (Å²) in [5.74, 6) is 0.600. The van der Waals surface area contributed by atoms with Gasteiger partial charge in [-0.15, -0.1) is 11.8 Å². The molecule has 0 aliphatic rings. The van der Waals surface area contributed by atoms with Crippen molar-refractivity contribution >= 4 is 29.1 Å². The number of hydrogen-bond donors (Lipinski definition) is 0. The van der Waals surface area contributed by atoms with Crippen LogP contribution in [0, 0.1) is 0 Å². The molecule has 0 bridgehead atoms. The number of thiophene rings is 1. The second-order valence-electron chi connectivity index (χ2n) is 3.42. The van der Waals surface area contributed by atoms with Crippen molar-refractivity contribution in [3.05, 3.63) is 52.2 Å². The molecule has 0 atom stereocenters. The molecule has 1 heterocycles. The van der Waals surface area contributed by atoms with Gasteiger partial charge in [0.2, 0.25) is 0 Å². The van der Waals surface area contributed by atoms with Crippen LogP contribution in [0.2, 0.25) is 0 Å². The minimum absolute atomic E-state index is 0.262. The van der Waals surface area contributed by atoms with Crippen molar-refractivity contribution in [3.63, 3.8) is 0 Å². The lowest BCUT2D eigenvalue weighted by Gasteiger charge is -2.02. The average molecular weight is 264 g/mol. The highest BCUT2D eigenvalue weighted by molar-refractivity contribution is 7.98. The Kier molecular flexibility index (Phi) is 4.23. The van der Waals surface area contributed by atoms with Crippen molar-refractivity contribution in [1.82, 2.24) is 0 Å². The second kappa shape index (κ2) is 5.89. The summed E-state index contributed by atoms with van der Waals surface area (Å²) in [4.78, 5) is 12.5. The predicted octanol–water partition coefficient (Wildman–Crippen LogP) is 3.83. The van der Waals surface area contributed by atoms with Crippen LogP contribution in [-0.4, -0.2) is 13.1 Å². The fourth-order valence-electron chi connectivity index (χ4n) is 1.39. The Morgan fingerprint density at radius 2 is 2.06 bits per heavy atom. The number of rotatable bonds is 4. The van der Waals surface area contributed by atoms with Gasteiger partial charge in [0, 0.05) is 21.4 Å². The van der Waals surface area contributed by atoms with Gasteiger partial charge in [-0.25, -0.2) is 4.79 Å². The van der Waals surface area contributed by atoms with E-state index in [1.807, 2.05) is 29.0 Å². The number of carbonyl (C=O) groups excluding carboxylic acids is 1. The van der Waals surface area contributed by atoms with E-state index in [9.17, 15) is 4.79 Å². The lowest BCUT2D eigenvalue weighted by atomic mass is 10.2. The number of esters is 1. The molecule has 0 N–H and O–H groups in total. The SMILES string of the molecule is COC(=O)c1cscc1SCc1ccccc1. The Morgan fingerprint density at radius 1 is 1.29 bits per heavy atom. The van der Waals surface area contributed by atoms with E-state index < -0.39 is 0 Å². The third kappa shape index (κ3) is 3.11. The van der Waals surface area contributed by atoms with Crippen LogP contribution in [0.3, 0.4) is 0 Å². The summed E-state index contributed by atoms with van der Waals surface area (Å²) in [6, 6.07) is 10.2. The van der Waals surface area contributed by atoms with Crippen LogP contribution in [0.25, 0.3) is 0 Å². The molecule has 2 rings (SSSR count). The predicted molar refractivity (Wildman–Crippen MR) is 71.7 cm³/mol. The van der Waals surface area contributed by atoms with Crippen LogP contribution in [0.1, 0.15) is 15.9 Å². The molecule has 0 unspecified atom stereocenters. The van der Waals surface area contributed by atoms with Gasteiger partial charge in [0.15, 0.2) is 0 Å². The molecule has 0 aliphatic carbocycles. The van der Waals surface area contributed by atoms with Crippen molar-refractivity contribution in [3.8, 4) is 0 Å². The molecule has 0 saturated carbocycles. The van der Waals surface area contributed by atoms with Crippen LogP contribution in [0.4, 0.5) is 0 Å². The van der Waals surface area contributed by atoms with Crippen molar-refractivity contribution in [2.24, 2.45) is 0 Å².